The number of hydrogen-bond donors (Lipinski definition) is 0. The number of ether oxygens (including phenoxy) is 3. The first-order chi connectivity index (χ1) is 18.5. The number of benzene rings is 3. The van der Waals surface area contributed by atoms with E-state index in [1.165, 1.54) is 6.07 Å². The van der Waals surface area contributed by atoms with E-state index < -0.39 is 0 Å². The molecule has 5 rings (SSSR count). The maximum atomic E-state index is 15.0. The molecule has 1 amide bonds. The molecule has 0 spiro atoms. The summed E-state index contributed by atoms with van der Waals surface area (Å²) in [7, 11) is 0. The molecule has 1 atom stereocenters. The summed E-state index contributed by atoms with van der Waals surface area (Å²) in [6, 6.07) is 16.6. The van der Waals surface area contributed by atoms with Gasteiger partial charge in [-0.1, -0.05) is 30.3 Å². The van der Waals surface area contributed by atoms with Crippen LogP contribution in [0.3, 0.4) is 0 Å². The van der Waals surface area contributed by atoms with E-state index >= 15 is 0 Å². The van der Waals surface area contributed by atoms with Gasteiger partial charge in [-0.25, -0.2) is 4.39 Å². The van der Waals surface area contributed by atoms with E-state index in [1.807, 2.05) is 54.3 Å². The fraction of sp³-hybridized carbons (Fsp3) is 0.355. The SMILES string of the molecule is CCOC(=O)Cc1ccc(OCC)c(-c2ccc(F)c3c2CN(C(=O)CC2COc4ccccc42)CC3)c1. The van der Waals surface area contributed by atoms with Crippen molar-refractivity contribution in [2.24, 2.45) is 0 Å². The Morgan fingerprint density at radius 2 is 1.87 bits per heavy atom. The fourth-order valence-corrected chi connectivity index (χ4v) is 5.39. The summed E-state index contributed by atoms with van der Waals surface area (Å²) in [5.41, 5.74) is 4.83. The van der Waals surface area contributed by atoms with E-state index in [9.17, 15) is 14.0 Å². The third-order valence-electron chi connectivity index (χ3n) is 7.22. The second-order valence-corrected chi connectivity index (χ2v) is 9.61. The van der Waals surface area contributed by atoms with Crippen LogP contribution in [0.4, 0.5) is 4.39 Å². The molecule has 0 aliphatic carbocycles. The minimum Gasteiger partial charge on any atom is -0.493 e. The van der Waals surface area contributed by atoms with Crippen molar-refractivity contribution >= 4 is 11.9 Å². The fourth-order valence-electron chi connectivity index (χ4n) is 5.39. The van der Waals surface area contributed by atoms with Gasteiger partial charge in [0.25, 0.3) is 0 Å². The number of rotatable bonds is 8. The Labute approximate surface area is 222 Å². The highest BCUT2D eigenvalue weighted by molar-refractivity contribution is 5.81. The van der Waals surface area contributed by atoms with Crippen molar-refractivity contribution < 1.29 is 28.2 Å². The highest BCUT2D eigenvalue weighted by Crippen LogP contribution is 2.39. The number of para-hydroxylation sites is 1. The van der Waals surface area contributed by atoms with Gasteiger partial charge in [0.2, 0.25) is 5.91 Å². The van der Waals surface area contributed by atoms with Crippen LogP contribution in [0.25, 0.3) is 11.1 Å². The zero-order valence-corrected chi connectivity index (χ0v) is 21.8. The van der Waals surface area contributed by atoms with E-state index in [1.54, 1.807) is 13.0 Å². The molecule has 3 aromatic carbocycles. The van der Waals surface area contributed by atoms with Gasteiger partial charge in [-0.05, 0) is 66.8 Å². The Morgan fingerprint density at radius 1 is 1.03 bits per heavy atom. The zero-order chi connectivity index (χ0) is 26.6. The molecule has 3 aromatic rings. The first-order valence-electron chi connectivity index (χ1n) is 13.2. The molecule has 0 aromatic heterocycles. The van der Waals surface area contributed by atoms with Crippen molar-refractivity contribution in [2.75, 3.05) is 26.4 Å². The van der Waals surface area contributed by atoms with Gasteiger partial charge in [0, 0.05) is 36.6 Å². The zero-order valence-electron chi connectivity index (χ0n) is 21.8. The Balaban J connectivity index is 1.44. The molecule has 198 valence electrons. The highest BCUT2D eigenvalue weighted by Gasteiger charge is 2.31. The van der Waals surface area contributed by atoms with Crippen LogP contribution in [-0.4, -0.2) is 43.1 Å². The van der Waals surface area contributed by atoms with E-state index in [4.69, 9.17) is 14.2 Å². The number of fused-ring (bicyclic) bond motifs is 2. The minimum absolute atomic E-state index is 0.0104. The predicted molar refractivity (Wildman–Crippen MR) is 142 cm³/mol. The number of carbonyl (C=O) groups is 2. The molecule has 6 nitrogen and oxygen atoms in total. The van der Waals surface area contributed by atoms with Crippen molar-refractivity contribution in [1.82, 2.24) is 4.90 Å². The number of esters is 1. The normalized spacial score (nSPS) is 15.9. The van der Waals surface area contributed by atoms with E-state index in [-0.39, 0.29) is 30.0 Å². The van der Waals surface area contributed by atoms with Crippen molar-refractivity contribution in [3.05, 3.63) is 82.7 Å². The molecular weight excluding hydrogens is 485 g/mol. The van der Waals surface area contributed by atoms with Crippen LogP contribution >= 0.6 is 0 Å². The van der Waals surface area contributed by atoms with Crippen molar-refractivity contribution in [2.45, 2.75) is 45.6 Å². The Kier molecular flexibility index (Phi) is 7.63. The monoisotopic (exact) mass is 517 g/mol. The maximum absolute atomic E-state index is 15.0. The molecule has 0 bridgehead atoms. The molecular formula is C31H32FNO5. The molecule has 2 heterocycles. The van der Waals surface area contributed by atoms with Gasteiger partial charge in [0.1, 0.15) is 17.3 Å². The summed E-state index contributed by atoms with van der Waals surface area (Å²) in [6.45, 7) is 5.71. The Morgan fingerprint density at radius 3 is 2.68 bits per heavy atom. The highest BCUT2D eigenvalue weighted by atomic mass is 19.1. The standard InChI is InChI=1S/C31H32FNO5/c1-3-36-29-12-9-20(16-31(35)37-4-2)15-25(29)23-10-11-27(32)24-13-14-33(18-26(23)24)30(34)17-21-19-38-28-8-6-5-7-22(21)28/h5-12,15,21H,3-4,13-14,16-19H2,1-2H3. The molecule has 0 N–H and O–H groups in total. The summed E-state index contributed by atoms with van der Waals surface area (Å²) in [6.07, 6.45) is 0.910. The molecule has 38 heavy (non-hydrogen) atoms. The molecule has 1 unspecified atom stereocenters. The van der Waals surface area contributed by atoms with Gasteiger partial charge < -0.3 is 19.1 Å². The summed E-state index contributed by atoms with van der Waals surface area (Å²) < 4.78 is 31.8. The van der Waals surface area contributed by atoms with Crippen LogP contribution in [-0.2, 0) is 33.7 Å². The molecule has 0 saturated heterocycles. The number of carbonyl (C=O) groups excluding carboxylic acids is 2. The summed E-state index contributed by atoms with van der Waals surface area (Å²) >= 11 is 0. The Bertz CT molecular complexity index is 1350. The second-order valence-electron chi connectivity index (χ2n) is 9.61. The number of halogens is 1. The van der Waals surface area contributed by atoms with Gasteiger partial charge in [0.15, 0.2) is 0 Å². The van der Waals surface area contributed by atoms with Crippen molar-refractivity contribution in [3.63, 3.8) is 0 Å². The van der Waals surface area contributed by atoms with Gasteiger partial charge in [-0.3, -0.25) is 9.59 Å². The first kappa shape index (κ1) is 25.8. The van der Waals surface area contributed by atoms with Crippen LogP contribution in [0.5, 0.6) is 11.5 Å². The van der Waals surface area contributed by atoms with Crippen LogP contribution in [0.1, 0.15) is 48.4 Å². The second kappa shape index (κ2) is 11.3. The number of hydrogen-bond acceptors (Lipinski definition) is 5. The third-order valence-corrected chi connectivity index (χ3v) is 7.22. The van der Waals surface area contributed by atoms with E-state index in [0.717, 1.165) is 33.6 Å². The van der Waals surface area contributed by atoms with Crippen LogP contribution in [0.2, 0.25) is 0 Å². The lowest BCUT2D eigenvalue weighted by atomic mass is 9.89. The van der Waals surface area contributed by atoms with Gasteiger partial charge in [0.05, 0.1) is 26.2 Å². The topological polar surface area (TPSA) is 65.1 Å². The molecule has 2 aliphatic heterocycles. The van der Waals surface area contributed by atoms with Crippen LogP contribution in [0, 0.1) is 5.82 Å². The average molecular weight is 518 g/mol. The third kappa shape index (κ3) is 5.23. The lowest BCUT2D eigenvalue weighted by Gasteiger charge is -2.32. The van der Waals surface area contributed by atoms with Crippen LogP contribution in [0.15, 0.2) is 54.6 Å². The van der Waals surface area contributed by atoms with Crippen LogP contribution < -0.4 is 9.47 Å². The lowest BCUT2D eigenvalue weighted by molar-refractivity contribution is -0.142. The van der Waals surface area contributed by atoms with Gasteiger partial charge in [-0.15, -0.1) is 0 Å². The molecule has 0 radical (unpaired) electrons. The van der Waals surface area contributed by atoms with E-state index in [0.29, 0.717) is 57.1 Å². The molecule has 7 heteroatoms. The largest absolute Gasteiger partial charge is 0.493 e. The smallest absolute Gasteiger partial charge is 0.310 e. The maximum Gasteiger partial charge on any atom is 0.310 e. The first-order valence-corrected chi connectivity index (χ1v) is 13.2. The quantitative estimate of drug-likeness (QED) is 0.372. The minimum atomic E-state index is -0.307. The van der Waals surface area contributed by atoms with Crippen molar-refractivity contribution in [3.8, 4) is 22.6 Å². The average Bonchev–Trinajstić information content (AvgIpc) is 3.32. The van der Waals surface area contributed by atoms with E-state index in [2.05, 4.69) is 0 Å². The summed E-state index contributed by atoms with van der Waals surface area (Å²) in [5, 5.41) is 0. The molecule has 0 saturated carbocycles. The Hall–Kier alpha value is -3.87. The van der Waals surface area contributed by atoms with Crippen molar-refractivity contribution in [1.29, 1.82) is 0 Å². The predicted octanol–water partition coefficient (Wildman–Crippen LogP) is 5.45. The van der Waals surface area contributed by atoms with Gasteiger partial charge in [-0.2, -0.15) is 0 Å². The number of amides is 1. The summed E-state index contributed by atoms with van der Waals surface area (Å²) in [4.78, 5) is 27.4. The lowest BCUT2D eigenvalue weighted by Crippen LogP contribution is -2.37. The number of nitrogens with zero attached hydrogens (tertiary/aromatic N) is 1. The summed E-state index contributed by atoms with van der Waals surface area (Å²) in [5.74, 6) is 0.947. The molecule has 2 aliphatic rings. The van der Waals surface area contributed by atoms with Gasteiger partial charge >= 0.3 is 5.97 Å². The molecule has 0 fully saturated rings.